The number of nitrogens with zero attached hydrogens (tertiary/aromatic N) is 2. The van der Waals surface area contributed by atoms with Gasteiger partial charge < -0.3 is 14.1 Å². The Labute approximate surface area is 175 Å². The number of ether oxygens (including phenoxy) is 1. The molecule has 0 radical (unpaired) electrons. The Morgan fingerprint density at radius 1 is 1.00 bits per heavy atom. The molecular weight excluding hydrogens is 376 g/mol. The molecule has 0 unspecified atom stereocenters. The minimum absolute atomic E-state index is 0.260. The summed E-state index contributed by atoms with van der Waals surface area (Å²) in [5.41, 5.74) is 4.02. The average Bonchev–Trinajstić information content (AvgIpc) is 3.27. The summed E-state index contributed by atoms with van der Waals surface area (Å²) in [7, 11) is 3.41. The van der Waals surface area contributed by atoms with Crippen molar-refractivity contribution >= 4 is 22.6 Å². The quantitative estimate of drug-likeness (QED) is 0.397. The summed E-state index contributed by atoms with van der Waals surface area (Å²) in [5.74, 6) is 1.14. The van der Waals surface area contributed by atoms with Gasteiger partial charge in [-0.05, 0) is 50.2 Å². The lowest BCUT2D eigenvalue weighted by Gasteiger charge is -2.26. The topological polar surface area (TPSA) is 55.6 Å². The molecule has 0 atom stereocenters. The van der Waals surface area contributed by atoms with Gasteiger partial charge in [0.05, 0.1) is 23.9 Å². The Balaban J connectivity index is 1.86. The highest BCUT2D eigenvalue weighted by Gasteiger charge is 2.19. The van der Waals surface area contributed by atoms with Gasteiger partial charge >= 0.3 is 5.97 Å². The first-order valence-corrected chi connectivity index (χ1v) is 9.89. The molecule has 0 aliphatic rings. The van der Waals surface area contributed by atoms with Crippen molar-refractivity contribution in [2.45, 2.75) is 19.9 Å². The monoisotopic (exact) mass is 400 g/mol. The van der Waals surface area contributed by atoms with Crippen molar-refractivity contribution < 1.29 is 13.9 Å². The van der Waals surface area contributed by atoms with Gasteiger partial charge in [0, 0.05) is 24.0 Å². The number of methoxy groups -OCH3 is 1. The van der Waals surface area contributed by atoms with E-state index in [0.29, 0.717) is 11.3 Å². The molecule has 2 aromatic heterocycles. The predicted molar refractivity (Wildman–Crippen MR) is 120 cm³/mol. The molecule has 0 amide bonds. The number of aromatic nitrogens is 1. The van der Waals surface area contributed by atoms with Crippen molar-refractivity contribution in [3.63, 3.8) is 0 Å². The summed E-state index contributed by atoms with van der Waals surface area (Å²) >= 11 is 0. The Bertz CT molecular complexity index is 1200. The largest absolute Gasteiger partial charge is 0.465 e. The SMILES string of the molecule is COC(=O)c1ccc2nc(-c3ccc(-c4ccccc4)o3)c(N(C)C(C)C)cc2c1. The number of anilines is 1. The second-order valence-electron chi connectivity index (χ2n) is 7.49. The van der Waals surface area contributed by atoms with Gasteiger partial charge in [-0.25, -0.2) is 9.78 Å². The standard InChI is InChI=1S/C25H24N2O3/c1-16(2)27(3)21-15-19-14-18(25(28)29-4)10-11-20(19)26-24(21)23-13-12-22(30-23)17-8-6-5-7-9-17/h5-16H,1-4H3. The zero-order valence-electron chi connectivity index (χ0n) is 17.5. The maximum absolute atomic E-state index is 11.9. The van der Waals surface area contributed by atoms with E-state index in [1.54, 1.807) is 6.07 Å². The molecule has 152 valence electrons. The lowest BCUT2D eigenvalue weighted by molar-refractivity contribution is 0.0601. The molecular formula is C25H24N2O3. The second kappa shape index (κ2) is 8.03. The van der Waals surface area contributed by atoms with E-state index in [1.165, 1.54) is 7.11 Å². The van der Waals surface area contributed by atoms with Crippen molar-refractivity contribution in [3.05, 3.63) is 72.3 Å². The van der Waals surface area contributed by atoms with Crippen LogP contribution in [0.1, 0.15) is 24.2 Å². The van der Waals surface area contributed by atoms with Crippen LogP contribution in [0.2, 0.25) is 0 Å². The maximum Gasteiger partial charge on any atom is 0.337 e. The van der Waals surface area contributed by atoms with Crippen molar-refractivity contribution in [2.75, 3.05) is 19.1 Å². The fourth-order valence-electron chi connectivity index (χ4n) is 3.36. The minimum Gasteiger partial charge on any atom is -0.465 e. The molecule has 5 nitrogen and oxygen atoms in total. The molecule has 2 heterocycles. The third kappa shape index (κ3) is 3.66. The second-order valence-corrected chi connectivity index (χ2v) is 7.49. The summed E-state index contributed by atoms with van der Waals surface area (Å²) in [6.07, 6.45) is 0. The number of hydrogen-bond donors (Lipinski definition) is 0. The highest BCUT2D eigenvalue weighted by molar-refractivity contribution is 5.96. The van der Waals surface area contributed by atoms with Crippen molar-refractivity contribution in [1.82, 2.24) is 4.98 Å². The van der Waals surface area contributed by atoms with Gasteiger partial charge in [0.15, 0.2) is 5.76 Å². The highest BCUT2D eigenvalue weighted by Crippen LogP contribution is 2.36. The number of fused-ring (bicyclic) bond motifs is 1. The first-order valence-electron chi connectivity index (χ1n) is 9.89. The average molecular weight is 400 g/mol. The Kier molecular flexibility index (Phi) is 5.27. The summed E-state index contributed by atoms with van der Waals surface area (Å²) < 4.78 is 11.0. The van der Waals surface area contributed by atoms with Crippen LogP contribution in [0.15, 0.2) is 71.1 Å². The summed E-state index contributed by atoms with van der Waals surface area (Å²) in [6.45, 7) is 4.24. The van der Waals surface area contributed by atoms with E-state index in [-0.39, 0.29) is 12.0 Å². The van der Waals surface area contributed by atoms with Crippen LogP contribution < -0.4 is 4.90 Å². The van der Waals surface area contributed by atoms with Gasteiger partial charge in [0.25, 0.3) is 0 Å². The van der Waals surface area contributed by atoms with E-state index >= 15 is 0 Å². The van der Waals surface area contributed by atoms with Crippen molar-refractivity contribution in [3.8, 4) is 22.8 Å². The van der Waals surface area contributed by atoms with Crippen LogP contribution in [0.3, 0.4) is 0 Å². The van der Waals surface area contributed by atoms with E-state index < -0.39 is 0 Å². The molecule has 0 aliphatic carbocycles. The maximum atomic E-state index is 11.9. The van der Waals surface area contributed by atoms with Crippen molar-refractivity contribution in [2.24, 2.45) is 0 Å². The molecule has 0 saturated heterocycles. The Hall–Kier alpha value is -3.60. The number of rotatable bonds is 5. The van der Waals surface area contributed by atoms with Crippen LogP contribution in [-0.4, -0.2) is 31.2 Å². The molecule has 0 fully saturated rings. The van der Waals surface area contributed by atoms with Crippen molar-refractivity contribution in [1.29, 1.82) is 0 Å². The first-order chi connectivity index (χ1) is 14.5. The van der Waals surface area contributed by atoms with Gasteiger partial charge in [-0.15, -0.1) is 0 Å². The van der Waals surface area contributed by atoms with E-state index in [1.807, 2.05) is 61.6 Å². The molecule has 0 saturated carbocycles. The van der Waals surface area contributed by atoms with E-state index in [0.717, 1.165) is 33.6 Å². The Morgan fingerprint density at radius 3 is 2.43 bits per heavy atom. The number of hydrogen-bond acceptors (Lipinski definition) is 5. The third-order valence-corrected chi connectivity index (χ3v) is 5.27. The number of furan rings is 1. The van der Waals surface area contributed by atoms with E-state index in [4.69, 9.17) is 14.1 Å². The Morgan fingerprint density at radius 2 is 1.73 bits per heavy atom. The zero-order valence-corrected chi connectivity index (χ0v) is 17.5. The lowest BCUT2D eigenvalue weighted by atomic mass is 10.1. The zero-order chi connectivity index (χ0) is 21.3. The van der Waals surface area contributed by atoms with Gasteiger partial charge in [-0.1, -0.05) is 30.3 Å². The van der Waals surface area contributed by atoms with Crippen LogP contribution in [0.5, 0.6) is 0 Å². The van der Waals surface area contributed by atoms with Crippen LogP contribution in [0.25, 0.3) is 33.7 Å². The number of pyridine rings is 1. The predicted octanol–water partition coefficient (Wildman–Crippen LogP) is 5.79. The molecule has 4 aromatic rings. The van der Waals surface area contributed by atoms with E-state index in [9.17, 15) is 4.79 Å². The molecule has 0 bridgehead atoms. The molecule has 5 heteroatoms. The summed E-state index contributed by atoms with van der Waals surface area (Å²) in [6, 6.07) is 21.6. The van der Waals surface area contributed by atoms with E-state index in [2.05, 4.69) is 24.8 Å². The highest BCUT2D eigenvalue weighted by atomic mass is 16.5. The number of carbonyl (C=O) groups is 1. The van der Waals surface area contributed by atoms with Gasteiger partial charge in [-0.2, -0.15) is 0 Å². The van der Waals surface area contributed by atoms with Gasteiger partial charge in [0.2, 0.25) is 0 Å². The number of benzene rings is 2. The summed E-state index contributed by atoms with van der Waals surface area (Å²) in [4.78, 5) is 19.0. The smallest absolute Gasteiger partial charge is 0.337 e. The van der Waals surface area contributed by atoms with Crippen LogP contribution in [0, 0.1) is 0 Å². The number of carbonyl (C=O) groups excluding carboxylic acids is 1. The third-order valence-electron chi connectivity index (χ3n) is 5.27. The molecule has 2 aromatic carbocycles. The fraction of sp³-hybridized carbons (Fsp3) is 0.200. The van der Waals surface area contributed by atoms with Gasteiger partial charge in [0.1, 0.15) is 11.5 Å². The number of esters is 1. The molecule has 30 heavy (non-hydrogen) atoms. The fourth-order valence-corrected chi connectivity index (χ4v) is 3.36. The molecule has 0 N–H and O–H groups in total. The normalized spacial score (nSPS) is 11.1. The lowest BCUT2D eigenvalue weighted by Crippen LogP contribution is -2.26. The summed E-state index contributed by atoms with van der Waals surface area (Å²) in [5, 5.41) is 0.874. The van der Waals surface area contributed by atoms with Gasteiger partial charge in [-0.3, -0.25) is 0 Å². The molecule has 4 rings (SSSR count). The van der Waals surface area contributed by atoms with Crippen LogP contribution in [0.4, 0.5) is 5.69 Å². The van der Waals surface area contributed by atoms with Crippen LogP contribution >= 0.6 is 0 Å². The first kappa shape index (κ1) is 19.7. The molecule has 0 aliphatic heterocycles. The minimum atomic E-state index is -0.363. The molecule has 0 spiro atoms. The van der Waals surface area contributed by atoms with Crippen LogP contribution in [-0.2, 0) is 4.74 Å².